The zero-order chi connectivity index (χ0) is 13.9. The summed E-state index contributed by atoms with van der Waals surface area (Å²) < 4.78 is 0. The fourth-order valence-corrected chi connectivity index (χ4v) is 3.62. The van der Waals surface area contributed by atoms with Gasteiger partial charge < -0.3 is 10.6 Å². The van der Waals surface area contributed by atoms with E-state index in [2.05, 4.69) is 6.07 Å². The minimum absolute atomic E-state index is 0.338. The van der Waals surface area contributed by atoms with Gasteiger partial charge in [-0.15, -0.1) is 0 Å². The van der Waals surface area contributed by atoms with Crippen LogP contribution < -0.4 is 5.73 Å². The van der Waals surface area contributed by atoms with Crippen molar-refractivity contribution in [3.63, 3.8) is 0 Å². The van der Waals surface area contributed by atoms with Gasteiger partial charge in [-0.3, -0.25) is 4.79 Å². The second-order valence-corrected chi connectivity index (χ2v) is 6.26. The summed E-state index contributed by atoms with van der Waals surface area (Å²) in [5.74, 6) is 0.962. The maximum absolute atomic E-state index is 12.5. The molecule has 20 heavy (non-hydrogen) atoms. The van der Waals surface area contributed by atoms with E-state index in [1.165, 1.54) is 43.2 Å². The molecule has 0 unspecified atom stereocenters. The molecule has 3 heteroatoms. The van der Waals surface area contributed by atoms with Gasteiger partial charge in [0.15, 0.2) is 0 Å². The first-order chi connectivity index (χ1) is 9.74. The number of rotatable bonds is 2. The minimum atomic E-state index is 0.338. The van der Waals surface area contributed by atoms with Gasteiger partial charge in [-0.1, -0.05) is 31.4 Å². The highest BCUT2D eigenvalue weighted by Crippen LogP contribution is 2.29. The van der Waals surface area contributed by atoms with Crippen LogP contribution in [0.15, 0.2) is 18.2 Å². The fraction of sp³-hybridized carbons (Fsp3) is 0.588. The van der Waals surface area contributed by atoms with Crippen molar-refractivity contribution >= 4 is 11.6 Å². The van der Waals surface area contributed by atoms with Gasteiger partial charge in [-0.25, -0.2) is 0 Å². The molecule has 0 atom stereocenters. The SMILES string of the molecule is Nc1cccc2c1CCN(C(=O)CC1CCCCC1)C2. The Hall–Kier alpha value is -1.51. The van der Waals surface area contributed by atoms with Crippen LogP contribution >= 0.6 is 0 Å². The first-order valence-electron chi connectivity index (χ1n) is 7.88. The molecule has 0 aromatic heterocycles. The number of benzene rings is 1. The lowest BCUT2D eigenvalue weighted by Crippen LogP contribution is -2.37. The molecule has 1 heterocycles. The van der Waals surface area contributed by atoms with Gasteiger partial charge in [0.1, 0.15) is 0 Å². The highest BCUT2D eigenvalue weighted by atomic mass is 16.2. The van der Waals surface area contributed by atoms with E-state index in [9.17, 15) is 4.79 Å². The molecule has 1 aromatic rings. The molecule has 1 aromatic carbocycles. The number of fused-ring (bicyclic) bond motifs is 1. The zero-order valence-electron chi connectivity index (χ0n) is 12.1. The predicted octanol–water partition coefficient (Wildman–Crippen LogP) is 3.12. The zero-order valence-corrected chi connectivity index (χ0v) is 12.1. The smallest absolute Gasteiger partial charge is 0.223 e. The number of nitrogens with two attached hydrogens (primary N) is 1. The largest absolute Gasteiger partial charge is 0.398 e. The fourth-order valence-electron chi connectivity index (χ4n) is 3.62. The van der Waals surface area contributed by atoms with Gasteiger partial charge in [0.05, 0.1) is 0 Å². The summed E-state index contributed by atoms with van der Waals surface area (Å²) in [5.41, 5.74) is 9.36. The highest BCUT2D eigenvalue weighted by molar-refractivity contribution is 5.77. The quantitative estimate of drug-likeness (QED) is 0.841. The molecule has 1 saturated carbocycles. The Labute approximate surface area is 121 Å². The van der Waals surface area contributed by atoms with E-state index in [1.54, 1.807) is 0 Å². The average molecular weight is 272 g/mol. The van der Waals surface area contributed by atoms with Crippen LogP contribution in [0.3, 0.4) is 0 Å². The van der Waals surface area contributed by atoms with Gasteiger partial charge in [0.25, 0.3) is 0 Å². The average Bonchev–Trinajstić information content (AvgIpc) is 2.48. The van der Waals surface area contributed by atoms with Crippen molar-refractivity contribution in [3.8, 4) is 0 Å². The Balaban J connectivity index is 1.63. The van der Waals surface area contributed by atoms with Crippen molar-refractivity contribution < 1.29 is 4.79 Å². The monoisotopic (exact) mass is 272 g/mol. The molecule has 0 spiro atoms. The van der Waals surface area contributed by atoms with Crippen LogP contribution in [0.5, 0.6) is 0 Å². The molecule has 2 aliphatic rings. The molecule has 3 nitrogen and oxygen atoms in total. The topological polar surface area (TPSA) is 46.3 Å². The number of carbonyl (C=O) groups excluding carboxylic acids is 1. The molecule has 1 amide bonds. The summed E-state index contributed by atoms with van der Waals surface area (Å²) >= 11 is 0. The number of nitrogen functional groups attached to an aromatic ring is 1. The van der Waals surface area contributed by atoms with Gasteiger partial charge >= 0.3 is 0 Å². The van der Waals surface area contributed by atoms with Crippen molar-refractivity contribution in [1.29, 1.82) is 0 Å². The molecule has 3 rings (SSSR count). The Bertz CT molecular complexity index is 492. The number of hydrogen-bond acceptors (Lipinski definition) is 2. The van der Waals surface area contributed by atoms with Crippen molar-refractivity contribution in [2.75, 3.05) is 12.3 Å². The molecule has 2 N–H and O–H groups in total. The second-order valence-electron chi connectivity index (χ2n) is 6.26. The predicted molar refractivity (Wildman–Crippen MR) is 81.2 cm³/mol. The molecule has 1 fully saturated rings. The number of hydrogen-bond donors (Lipinski definition) is 1. The van der Waals surface area contributed by atoms with Gasteiger partial charge in [0.2, 0.25) is 5.91 Å². The Morgan fingerprint density at radius 2 is 2.05 bits per heavy atom. The summed E-state index contributed by atoms with van der Waals surface area (Å²) in [6.45, 7) is 1.57. The van der Waals surface area contributed by atoms with Gasteiger partial charge in [-0.2, -0.15) is 0 Å². The number of anilines is 1. The van der Waals surface area contributed by atoms with Gasteiger partial charge in [0, 0.05) is 25.2 Å². The summed E-state index contributed by atoms with van der Waals surface area (Å²) in [5, 5.41) is 0. The number of amides is 1. The Kier molecular flexibility index (Phi) is 3.95. The van der Waals surface area contributed by atoms with E-state index in [1.807, 2.05) is 17.0 Å². The van der Waals surface area contributed by atoms with Crippen molar-refractivity contribution in [2.45, 2.75) is 51.5 Å². The first kappa shape index (κ1) is 13.5. The molecular formula is C17H24N2O. The third-order valence-electron chi connectivity index (χ3n) is 4.84. The normalized spacial score (nSPS) is 19.7. The summed E-state index contributed by atoms with van der Waals surface area (Å²) in [6.07, 6.45) is 8.08. The van der Waals surface area contributed by atoms with Crippen LogP contribution in [0, 0.1) is 5.92 Å². The van der Waals surface area contributed by atoms with Crippen LogP contribution in [-0.4, -0.2) is 17.4 Å². The third-order valence-corrected chi connectivity index (χ3v) is 4.84. The lowest BCUT2D eigenvalue weighted by atomic mass is 9.86. The molecular weight excluding hydrogens is 248 g/mol. The van der Waals surface area contributed by atoms with E-state index >= 15 is 0 Å². The van der Waals surface area contributed by atoms with Crippen molar-refractivity contribution in [1.82, 2.24) is 4.90 Å². The van der Waals surface area contributed by atoms with E-state index in [-0.39, 0.29) is 0 Å². The summed E-state index contributed by atoms with van der Waals surface area (Å²) in [7, 11) is 0. The van der Waals surface area contributed by atoms with Crippen LogP contribution in [0.1, 0.15) is 49.7 Å². The van der Waals surface area contributed by atoms with E-state index in [0.717, 1.165) is 31.6 Å². The highest BCUT2D eigenvalue weighted by Gasteiger charge is 2.24. The van der Waals surface area contributed by atoms with Crippen LogP contribution in [-0.2, 0) is 17.8 Å². The lowest BCUT2D eigenvalue weighted by molar-refractivity contribution is -0.133. The van der Waals surface area contributed by atoms with Crippen molar-refractivity contribution in [2.24, 2.45) is 5.92 Å². The van der Waals surface area contributed by atoms with Gasteiger partial charge in [-0.05, 0) is 42.4 Å². The van der Waals surface area contributed by atoms with E-state index in [4.69, 9.17) is 5.73 Å². The number of nitrogens with zero attached hydrogens (tertiary/aromatic N) is 1. The molecule has 108 valence electrons. The van der Waals surface area contributed by atoms with Crippen LogP contribution in [0.25, 0.3) is 0 Å². The van der Waals surface area contributed by atoms with Crippen LogP contribution in [0.2, 0.25) is 0 Å². The molecule has 0 radical (unpaired) electrons. The molecule has 1 aliphatic heterocycles. The number of carbonyl (C=O) groups is 1. The maximum atomic E-state index is 12.5. The third kappa shape index (κ3) is 2.82. The lowest BCUT2D eigenvalue weighted by Gasteiger charge is -2.31. The maximum Gasteiger partial charge on any atom is 0.223 e. The van der Waals surface area contributed by atoms with E-state index < -0.39 is 0 Å². The van der Waals surface area contributed by atoms with Crippen molar-refractivity contribution in [3.05, 3.63) is 29.3 Å². The Morgan fingerprint density at radius 1 is 1.25 bits per heavy atom. The standard InChI is InChI=1S/C17H24N2O/c18-16-8-4-7-14-12-19(10-9-15(14)16)17(20)11-13-5-2-1-3-6-13/h4,7-8,13H,1-3,5-6,9-12,18H2. The summed E-state index contributed by atoms with van der Waals surface area (Å²) in [4.78, 5) is 14.5. The molecule has 1 aliphatic carbocycles. The molecule has 0 saturated heterocycles. The first-order valence-corrected chi connectivity index (χ1v) is 7.88. The molecule has 0 bridgehead atoms. The van der Waals surface area contributed by atoms with E-state index in [0.29, 0.717) is 11.8 Å². The Morgan fingerprint density at radius 3 is 2.85 bits per heavy atom. The second kappa shape index (κ2) is 5.86. The van der Waals surface area contributed by atoms with Crippen LogP contribution in [0.4, 0.5) is 5.69 Å². The summed E-state index contributed by atoms with van der Waals surface area (Å²) in [6, 6.07) is 6.05. The minimum Gasteiger partial charge on any atom is -0.398 e.